The van der Waals surface area contributed by atoms with Crippen LogP contribution in [0.5, 0.6) is 5.75 Å². The number of aryl methyl sites for hydroxylation is 1. The second-order valence-electron chi connectivity index (χ2n) is 9.61. The lowest BCUT2D eigenvalue weighted by molar-refractivity contribution is 0.0106. The number of carboxylic acids is 1. The normalized spacial score (nSPS) is 17.5. The Hall–Kier alpha value is -3.67. The summed E-state index contributed by atoms with van der Waals surface area (Å²) in [6.45, 7) is 2.96. The Morgan fingerprint density at radius 3 is 2.54 bits per heavy atom. The number of piperidine rings is 1. The predicted molar refractivity (Wildman–Crippen MR) is 146 cm³/mol. The summed E-state index contributed by atoms with van der Waals surface area (Å²) in [6.07, 6.45) is 2.57. The van der Waals surface area contributed by atoms with Gasteiger partial charge < -0.3 is 19.9 Å². The molecule has 0 aliphatic carbocycles. The van der Waals surface area contributed by atoms with E-state index in [-0.39, 0.29) is 6.10 Å². The Morgan fingerprint density at radius 1 is 0.919 bits per heavy atom. The number of hydrogen-bond donors (Lipinski definition) is 2. The summed E-state index contributed by atoms with van der Waals surface area (Å²) >= 11 is 0. The lowest BCUT2D eigenvalue weighted by Gasteiger charge is -2.32. The third-order valence-corrected chi connectivity index (χ3v) is 7.12. The fourth-order valence-electron chi connectivity index (χ4n) is 5.13. The lowest BCUT2D eigenvalue weighted by atomic mass is 9.87. The van der Waals surface area contributed by atoms with E-state index >= 15 is 0 Å². The molecule has 4 aromatic carbocycles. The minimum absolute atomic E-state index is 0.112. The highest BCUT2D eigenvalue weighted by molar-refractivity contribution is 5.89. The van der Waals surface area contributed by atoms with Gasteiger partial charge in [-0.25, -0.2) is 4.79 Å². The number of fused-ring (bicyclic) bond motifs is 1. The third-order valence-electron chi connectivity index (χ3n) is 7.12. The Labute approximate surface area is 218 Å². The SMILES string of the molecule is O=C(O)c1ccccc1CCCOc1ccc(C2CCNCC2OCc2ccc3ccccc3c2)cc1. The van der Waals surface area contributed by atoms with Gasteiger partial charge in [-0.3, -0.25) is 0 Å². The largest absolute Gasteiger partial charge is 0.494 e. The van der Waals surface area contributed by atoms with E-state index in [4.69, 9.17) is 9.47 Å². The molecule has 1 aliphatic heterocycles. The van der Waals surface area contributed by atoms with E-state index in [1.165, 1.54) is 21.9 Å². The molecule has 0 spiro atoms. The number of benzene rings is 4. The van der Waals surface area contributed by atoms with Gasteiger partial charge in [0.05, 0.1) is 24.9 Å². The average Bonchev–Trinajstić information content (AvgIpc) is 2.95. The first-order valence-electron chi connectivity index (χ1n) is 13.0. The summed E-state index contributed by atoms with van der Waals surface area (Å²) in [5, 5.41) is 15.3. The Kier molecular flexibility index (Phi) is 8.14. The van der Waals surface area contributed by atoms with Gasteiger partial charge in [0.2, 0.25) is 0 Å². The van der Waals surface area contributed by atoms with Gasteiger partial charge in [0, 0.05) is 12.5 Å². The average molecular weight is 496 g/mol. The summed E-state index contributed by atoms with van der Waals surface area (Å²) in [6, 6.07) is 30.5. The summed E-state index contributed by atoms with van der Waals surface area (Å²) in [4.78, 5) is 11.4. The molecule has 1 saturated heterocycles. The third kappa shape index (κ3) is 6.37. The topological polar surface area (TPSA) is 67.8 Å². The van der Waals surface area contributed by atoms with Gasteiger partial charge in [0.25, 0.3) is 0 Å². The van der Waals surface area contributed by atoms with Crippen LogP contribution in [0.25, 0.3) is 10.8 Å². The zero-order chi connectivity index (χ0) is 25.5. The van der Waals surface area contributed by atoms with Gasteiger partial charge in [-0.15, -0.1) is 0 Å². The van der Waals surface area contributed by atoms with Crippen molar-refractivity contribution in [2.45, 2.75) is 37.9 Å². The van der Waals surface area contributed by atoms with Crippen molar-refractivity contribution in [2.24, 2.45) is 0 Å². The van der Waals surface area contributed by atoms with Crippen LogP contribution in [0, 0.1) is 0 Å². The molecule has 4 aromatic rings. The van der Waals surface area contributed by atoms with Crippen LogP contribution in [0.4, 0.5) is 0 Å². The second-order valence-corrected chi connectivity index (χ2v) is 9.61. The van der Waals surface area contributed by atoms with Crippen molar-refractivity contribution in [1.29, 1.82) is 0 Å². The molecule has 0 bridgehead atoms. The predicted octanol–water partition coefficient (Wildman–Crippen LogP) is 6.21. The highest BCUT2D eigenvalue weighted by Gasteiger charge is 2.27. The van der Waals surface area contributed by atoms with Crippen molar-refractivity contribution >= 4 is 16.7 Å². The van der Waals surface area contributed by atoms with E-state index in [1.807, 2.05) is 24.3 Å². The molecule has 37 heavy (non-hydrogen) atoms. The minimum Gasteiger partial charge on any atom is -0.494 e. The van der Waals surface area contributed by atoms with Crippen molar-refractivity contribution < 1.29 is 19.4 Å². The number of nitrogens with one attached hydrogen (secondary N) is 1. The molecule has 5 nitrogen and oxygen atoms in total. The fourth-order valence-corrected chi connectivity index (χ4v) is 5.13. The first-order chi connectivity index (χ1) is 18.2. The summed E-state index contributed by atoms with van der Waals surface area (Å²) in [5.74, 6) is 0.283. The monoisotopic (exact) mass is 495 g/mol. The lowest BCUT2D eigenvalue weighted by Crippen LogP contribution is -2.40. The van der Waals surface area contributed by atoms with Gasteiger partial charge >= 0.3 is 5.97 Å². The van der Waals surface area contributed by atoms with Crippen molar-refractivity contribution in [1.82, 2.24) is 5.32 Å². The van der Waals surface area contributed by atoms with Crippen LogP contribution < -0.4 is 10.1 Å². The number of hydrogen-bond acceptors (Lipinski definition) is 4. The Morgan fingerprint density at radius 2 is 1.70 bits per heavy atom. The number of rotatable bonds is 10. The van der Waals surface area contributed by atoms with Crippen LogP contribution in [0.2, 0.25) is 0 Å². The van der Waals surface area contributed by atoms with Crippen molar-refractivity contribution in [3.63, 3.8) is 0 Å². The highest BCUT2D eigenvalue weighted by atomic mass is 16.5. The summed E-state index contributed by atoms with van der Waals surface area (Å²) in [5.41, 5.74) is 3.67. The van der Waals surface area contributed by atoms with Gasteiger partial charge in [-0.2, -0.15) is 0 Å². The van der Waals surface area contributed by atoms with Crippen molar-refractivity contribution in [3.05, 3.63) is 113 Å². The van der Waals surface area contributed by atoms with E-state index < -0.39 is 5.97 Å². The van der Waals surface area contributed by atoms with Gasteiger partial charge in [-0.1, -0.05) is 66.7 Å². The van der Waals surface area contributed by atoms with E-state index in [1.54, 1.807) is 12.1 Å². The second kappa shape index (κ2) is 12.0. The quantitative estimate of drug-likeness (QED) is 0.256. The van der Waals surface area contributed by atoms with E-state index in [0.717, 1.165) is 37.2 Å². The molecule has 0 aromatic heterocycles. The zero-order valence-corrected chi connectivity index (χ0v) is 20.9. The van der Waals surface area contributed by atoms with Crippen molar-refractivity contribution in [2.75, 3.05) is 19.7 Å². The molecule has 2 N–H and O–H groups in total. The Balaban J connectivity index is 1.14. The number of carboxylic acid groups (broad SMARTS) is 1. The van der Waals surface area contributed by atoms with Crippen LogP contribution in [0.3, 0.4) is 0 Å². The van der Waals surface area contributed by atoms with E-state index in [9.17, 15) is 9.90 Å². The highest BCUT2D eigenvalue weighted by Crippen LogP contribution is 2.30. The molecule has 190 valence electrons. The molecule has 2 unspecified atom stereocenters. The molecule has 0 saturated carbocycles. The van der Waals surface area contributed by atoms with Gasteiger partial charge in [0.1, 0.15) is 5.75 Å². The maximum atomic E-state index is 11.4. The minimum atomic E-state index is -0.885. The molecule has 1 aliphatic rings. The summed E-state index contributed by atoms with van der Waals surface area (Å²) in [7, 11) is 0. The van der Waals surface area contributed by atoms with Gasteiger partial charge in [-0.05, 0) is 77.5 Å². The molecule has 1 fully saturated rings. The van der Waals surface area contributed by atoms with E-state index in [2.05, 4.69) is 59.9 Å². The summed E-state index contributed by atoms with van der Waals surface area (Å²) < 4.78 is 12.4. The molecule has 5 rings (SSSR count). The van der Waals surface area contributed by atoms with Crippen molar-refractivity contribution in [3.8, 4) is 5.75 Å². The first kappa shape index (κ1) is 25.0. The van der Waals surface area contributed by atoms with Crippen LogP contribution >= 0.6 is 0 Å². The molecule has 5 heteroatoms. The van der Waals surface area contributed by atoms with Crippen LogP contribution in [-0.4, -0.2) is 36.9 Å². The number of carbonyl (C=O) groups is 1. The Bertz CT molecular complexity index is 1330. The molecular formula is C32H33NO4. The fraction of sp³-hybridized carbons (Fsp3) is 0.281. The standard InChI is InChI=1S/C32H33NO4/c34-32(35)30-10-4-3-7-25(30)9-5-19-36-28-15-13-26(14-16-28)29-17-18-33-21-31(29)37-22-23-11-12-24-6-1-2-8-27(24)20-23/h1-4,6-8,10-16,20,29,31,33H,5,9,17-19,21-22H2,(H,34,35). The number of ether oxygens (including phenoxy) is 2. The molecular weight excluding hydrogens is 462 g/mol. The van der Waals surface area contributed by atoms with Crippen LogP contribution in [-0.2, 0) is 17.8 Å². The maximum absolute atomic E-state index is 11.4. The van der Waals surface area contributed by atoms with Crippen LogP contribution in [0.1, 0.15) is 45.8 Å². The number of aromatic carboxylic acids is 1. The van der Waals surface area contributed by atoms with Gasteiger partial charge in [0.15, 0.2) is 0 Å². The zero-order valence-electron chi connectivity index (χ0n) is 20.9. The first-order valence-corrected chi connectivity index (χ1v) is 13.0. The molecule has 2 atom stereocenters. The maximum Gasteiger partial charge on any atom is 0.335 e. The van der Waals surface area contributed by atoms with E-state index in [0.29, 0.717) is 31.1 Å². The molecule has 1 heterocycles. The smallest absolute Gasteiger partial charge is 0.335 e. The van der Waals surface area contributed by atoms with Crippen LogP contribution in [0.15, 0.2) is 91.0 Å². The molecule has 0 amide bonds. The molecule has 0 radical (unpaired) electrons.